The first-order chi connectivity index (χ1) is 16.2. The number of carbonyl (C=O) groups is 2. The van der Waals surface area contributed by atoms with Crippen LogP contribution in [-0.4, -0.2) is 72.4 Å². The van der Waals surface area contributed by atoms with Gasteiger partial charge >= 0.3 is 0 Å². The molecule has 10 nitrogen and oxygen atoms in total. The number of hydrogen-bond donors (Lipinski definition) is 1. The quantitative estimate of drug-likeness (QED) is 0.614. The lowest BCUT2D eigenvalue weighted by Gasteiger charge is -2.32. The van der Waals surface area contributed by atoms with Gasteiger partial charge in [0.05, 0.1) is 17.7 Å². The predicted molar refractivity (Wildman–Crippen MR) is 134 cm³/mol. The van der Waals surface area contributed by atoms with Crippen molar-refractivity contribution < 1.29 is 9.59 Å². The van der Waals surface area contributed by atoms with E-state index in [1.807, 2.05) is 60.8 Å². The summed E-state index contributed by atoms with van der Waals surface area (Å²) >= 11 is 1.46. The first kappa shape index (κ1) is 22.2. The van der Waals surface area contributed by atoms with Gasteiger partial charge in [0.2, 0.25) is 11.9 Å². The average Bonchev–Trinajstić information content (AvgIpc) is 3.18. The van der Waals surface area contributed by atoms with Crippen LogP contribution in [0.3, 0.4) is 0 Å². The van der Waals surface area contributed by atoms with Crippen LogP contribution < -0.4 is 20.0 Å². The van der Waals surface area contributed by atoms with Crippen molar-refractivity contribution in [2.24, 2.45) is 0 Å². The summed E-state index contributed by atoms with van der Waals surface area (Å²) in [7, 11) is 5.54. The number of amides is 2. The number of thiazole rings is 1. The number of nitrogens with one attached hydrogen (secondary N) is 1. The van der Waals surface area contributed by atoms with Gasteiger partial charge in [0.15, 0.2) is 11.5 Å². The number of carbonyl (C=O) groups excluding carboxylic acids is 2. The fourth-order valence-corrected chi connectivity index (χ4v) is 5.07. The molecule has 0 radical (unpaired) electrons. The molecule has 1 N–H and O–H groups in total. The molecule has 0 bridgehead atoms. The molecule has 0 atom stereocenters. The van der Waals surface area contributed by atoms with Crippen molar-refractivity contribution in [1.82, 2.24) is 19.9 Å². The van der Waals surface area contributed by atoms with Crippen molar-refractivity contribution in [3.05, 3.63) is 40.7 Å². The summed E-state index contributed by atoms with van der Waals surface area (Å²) < 4.78 is 0. The minimum absolute atomic E-state index is 0.0994. The SMILES string of the molecule is Cc1nc2c(s1)N(C)c1nc(Nc3ccc(N4CCN(C)CC4=O)cc3C)ncc1N(C)C2=O. The lowest BCUT2D eigenvalue weighted by atomic mass is 10.1. The van der Waals surface area contributed by atoms with Gasteiger partial charge in [-0.2, -0.15) is 4.98 Å². The molecule has 3 aromatic rings. The number of likely N-dealkylation sites (N-methyl/N-ethyl adjacent to an activating group) is 1. The van der Waals surface area contributed by atoms with Gasteiger partial charge in [-0.3, -0.25) is 14.5 Å². The molecular weight excluding hydrogens is 452 g/mol. The van der Waals surface area contributed by atoms with Gasteiger partial charge in [-0.1, -0.05) is 0 Å². The summed E-state index contributed by atoms with van der Waals surface area (Å²) in [5, 5.41) is 4.87. The fourth-order valence-electron chi connectivity index (χ4n) is 4.20. The number of benzene rings is 1. The average molecular weight is 479 g/mol. The largest absolute Gasteiger partial charge is 0.324 e. The van der Waals surface area contributed by atoms with Gasteiger partial charge in [0, 0.05) is 38.6 Å². The Labute approximate surface area is 201 Å². The van der Waals surface area contributed by atoms with Crippen molar-refractivity contribution in [2.45, 2.75) is 13.8 Å². The van der Waals surface area contributed by atoms with E-state index in [1.54, 1.807) is 13.2 Å². The third-order valence-corrected chi connectivity index (χ3v) is 7.18. The lowest BCUT2D eigenvalue weighted by Crippen LogP contribution is -2.48. The number of aromatic nitrogens is 3. The zero-order chi connectivity index (χ0) is 24.1. The molecule has 1 aromatic carbocycles. The summed E-state index contributed by atoms with van der Waals surface area (Å²) in [6.45, 7) is 5.82. The summed E-state index contributed by atoms with van der Waals surface area (Å²) in [4.78, 5) is 46.3. The van der Waals surface area contributed by atoms with E-state index in [0.29, 0.717) is 36.2 Å². The highest BCUT2D eigenvalue weighted by molar-refractivity contribution is 7.16. The highest BCUT2D eigenvalue weighted by Crippen LogP contribution is 2.41. The minimum atomic E-state index is -0.181. The number of rotatable bonds is 3. The molecule has 11 heteroatoms. The molecule has 2 aliphatic rings. The topological polar surface area (TPSA) is 97.8 Å². The Morgan fingerprint density at radius 3 is 2.56 bits per heavy atom. The van der Waals surface area contributed by atoms with Crippen LogP contribution in [0.2, 0.25) is 0 Å². The standard InChI is InChI=1S/C23H26N8O2S/c1-13-10-15(31-9-8-28(3)12-18(31)32)6-7-16(13)26-23-24-11-17-20(27-23)30(5)22-19(21(33)29(17)4)25-14(2)34-22/h6-7,10-11H,8-9,12H2,1-5H3,(H,24,26,27). The molecule has 34 heavy (non-hydrogen) atoms. The number of fused-ring (bicyclic) bond motifs is 2. The summed E-state index contributed by atoms with van der Waals surface area (Å²) in [6.07, 6.45) is 1.65. The van der Waals surface area contributed by atoms with E-state index < -0.39 is 0 Å². The van der Waals surface area contributed by atoms with Gasteiger partial charge in [-0.25, -0.2) is 9.97 Å². The molecular formula is C23H26N8O2S. The van der Waals surface area contributed by atoms with E-state index in [4.69, 9.17) is 4.98 Å². The number of anilines is 6. The summed E-state index contributed by atoms with van der Waals surface area (Å²) in [5.74, 6) is 0.956. The van der Waals surface area contributed by atoms with E-state index in [2.05, 4.69) is 15.3 Å². The molecule has 4 heterocycles. The van der Waals surface area contributed by atoms with Crippen molar-refractivity contribution in [1.29, 1.82) is 0 Å². The second-order valence-corrected chi connectivity index (χ2v) is 9.80. The summed E-state index contributed by atoms with van der Waals surface area (Å²) in [6, 6.07) is 5.88. The zero-order valence-electron chi connectivity index (χ0n) is 19.8. The molecule has 2 amide bonds. The third kappa shape index (κ3) is 3.76. The third-order valence-electron chi connectivity index (χ3n) is 6.14. The van der Waals surface area contributed by atoms with Crippen molar-refractivity contribution in [3.8, 4) is 0 Å². The van der Waals surface area contributed by atoms with Gasteiger partial charge in [0.25, 0.3) is 5.91 Å². The molecule has 5 rings (SSSR count). The zero-order valence-corrected chi connectivity index (χ0v) is 20.6. The van der Waals surface area contributed by atoms with Crippen LogP contribution >= 0.6 is 11.3 Å². The van der Waals surface area contributed by atoms with Crippen LogP contribution in [0.5, 0.6) is 0 Å². The Balaban J connectivity index is 1.44. The second-order valence-electron chi connectivity index (χ2n) is 8.62. The van der Waals surface area contributed by atoms with Crippen LogP contribution in [0.15, 0.2) is 24.4 Å². The van der Waals surface area contributed by atoms with E-state index in [9.17, 15) is 9.59 Å². The number of hydrogen-bond acceptors (Lipinski definition) is 9. The van der Waals surface area contributed by atoms with Crippen LogP contribution in [0.25, 0.3) is 0 Å². The Morgan fingerprint density at radius 1 is 1.03 bits per heavy atom. The molecule has 176 valence electrons. The molecule has 0 aliphatic carbocycles. The molecule has 2 aliphatic heterocycles. The van der Waals surface area contributed by atoms with Crippen molar-refractivity contribution in [3.63, 3.8) is 0 Å². The van der Waals surface area contributed by atoms with Crippen LogP contribution in [0.1, 0.15) is 21.1 Å². The monoisotopic (exact) mass is 478 g/mol. The molecule has 1 fully saturated rings. The molecule has 0 saturated carbocycles. The minimum Gasteiger partial charge on any atom is -0.324 e. The summed E-state index contributed by atoms with van der Waals surface area (Å²) in [5.41, 5.74) is 3.74. The smallest absolute Gasteiger partial charge is 0.279 e. The Kier molecular flexibility index (Phi) is 5.45. The van der Waals surface area contributed by atoms with Crippen LogP contribution in [0, 0.1) is 13.8 Å². The van der Waals surface area contributed by atoms with Gasteiger partial charge in [-0.05, 0) is 44.7 Å². The maximum Gasteiger partial charge on any atom is 0.279 e. The van der Waals surface area contributed by atoms with Crippen molar-refractivity contribution in [2.75, 3.05) is 60.8 Å². The number of nitrogens with zero attached hydrogens (tertiary/aromatic N) is 7. The molecule has 2 aromatic heterocycles. The Morgan fingerprint density at radius 2 is 1.82 bits per heavy atom. The first-order valence-corrected chi connectivity index (χ1v) is 11.8. The van der Waals surface area contributed by atoms with E-state index >= 15 is 0 Å². The maximum atomic E-state index is 12.9. The van der Waals surface area contributed by atoms with E-state index in [1.165, 1.54) is 16.2 Å². The molecule has 1 saturated heterocycles. The van der Waals surface area contributed by atoms with Gasteiger partial charge in [-0.15, -0.1) is 11.3 Å². The normalized spacial score (nSPS) is 16.4. The second kappa shape index (κ2) is 8.33. The lowest BCUT2D eigenvalue weighted by molar-refractivity contribution is -0.120. The van der Waals surface area contributed by atoms with E-state index in [0.717, 1.165) is 33.5 Å². The highest BCUT2D eigenvalue weighted by Gasteiger charge is 2.32. The predicted octanol–water partition coefficient (Wildman–Crippen LogP) is 2.93. The van der Waals surface area contributed by atoms with Crippen molar-refractivity contribution >= 4 is 57.0 Å². The van der Waals surface area contributed by atoms with Gasteiger partial charge in [0.1, 0.15) is 10.7 Å². The number of aryl methyl sites for hydroxylation is 2. The Bertz CT molecular complexity index is 1310. The first-order valence-electron chi connectivity index (χ1n) is 11.0. The molecule has 0 unspecified atom stereocenters. The maximum absolute atomic E-state index is 12.9. The Hall–Kier alpha value is -3.57. The fraction of sp³-hybridized carbons (Fsp3) is 0.348. The number of piperazine rings is 1. The van der Waals surface area contributed by atoms with Crippen LogP contribution in [0.4, 0.5) is 33.8 Å². The highest BCUT2D eigenvalue weighted by atomic mass is 32.1. The van der Waals surface area contributed by atoms with E-state index in [-0.39, 0.29) is 11.8 Å². The molecule has 0 spiro atoms. The van der Waals surface area contributed by atoms with Gasteiger partial charge < -0.3 is 20.0 Å². The van der Waals surface area contributed by atoms with Crippen LogP contribution in [-0.2, 0) is 4.79 Å².